The van der Waals surface area contributed by atoms with Crippen LogP contribution in [0, 0.1) is 0 Å². The fraction of sp³-hybridized carbons (Fsp3) is 0. The molecule has 0 bridgehead atoms. The summed E-state index contributed by atoms with van der Waals surface area (Å²) < 4.78 is 0. The fourth-order valence-electron chi connectivity index (χ4n) is 0.720. The van der Waals surface area contributed by atoms with E-state index in [0.717, 1.165) is 0 Å². The van der Waals surface area contributed by atoms with Crippen LogP contribution in [0.2, 0.25) is 0 Å². The molecule has 11 heavy (non-hydrogen) atoms. The Bertz CT molecular complexity index is 294. The van der Waals surface area contributed by atoms with Crippen molar-refractivity contribution in [2.24, 2.45) is 0 Å². The van der Waals surface area contributed by atoms with Crippen molar-refractivity contribution in [1.82, 2.24) is 4.98 Å². The van der Waals surface area contributed by atoms with Gasteiger partial charge in [-0.25, -0.2) is 0 Å². The van der Waals surface area contributed by atoms with E-state index in [1.54, 1.807) is 12.1 Å². The molecule has 0 saturated carbocycles. The first-order chi connectivity index (χ1) is 5.25. The second-order valence-corrected chi connectivity index (χ2v) is 2.01. The molecule has 1 rings (SSSR count). The lowest BCUT2D eigenvalue weighted by molar-refractivity contribution is 0.104. The van der Waals surface area contributed by atoms with Gasteiger partial charge in [0.1, 0.15) is 5.69 Å². The van der Waals surface area contributed by atoms with E-state index in [9.17, 15) is 4.79 Å². The van der Waals surface area contributed by atoms with Crippen LogP contribution < -0.4 is 5.73 Å². The lowest BCUT2D eigenvalue weighted by Gasteiger charge is -1.97. The number of anilines is 1. The third-order valence-corrected chi connectivity index (χ3v) is 1.26. The van der Waals surface area contributed by atoms with E-state index in [-0.39, 0.29) is 11.5 Å². The number of aromatic nitrogens is 1. The molecule has 0 aliphatic heterocycles. The smallest absolute Gasteiger partial charge is 0.205 e. The van der Waals surface area contributed by atoms with Gasteiger partial charge in [-0.3, -0.25) is 9.78 Å². The van der Waals surface area contributed by atoms with Crippen LogP contribution in [0.1, 0.15) is 10.5 Å². The summed E-state index contributed by atoms with van der Waals surface area (Å²) in [6, 6.07) is 3.30. The van der Waals surface area contributed by atoms with Gasteiger partial charge in [0.05, 0.1) is 5.69 Å². The third-order valence-electron chi connectivity index (χ3n) is 1.26. The molecule has 0 aliphatic carbocycles. The molecule has 1 aromatic rings. The molecule has 0 aliphatic rings. The molecular formula is C8H8N2O. The predicted molar refractivity (Wildman–Crippen MR) is 43.2 cm³/mol. The van der Waals surface area contributed by atoms with Gasteiger partial charge in [-0.1, -0.05) is 6.58 Å². The Morgan fingerprint density at radius 2 is 2.45 bits per heavy atom. The molecule has 1 aromatic heterocycles. The number of nitrogens with two attached hydrogens (primary N) is 1. The number of nitrogens with zero attached hydrogens (tertiary/aromatic N) is 1. The van der Waals surface area contributed by atoms with E-state index in [2.05, 4.69) is 11.6 Å². The van der Waals surface area contributed by atoms with Gasteiger partial charge in [0.25, 0.3) is 0 Å². The zero-order valence-corrected chi connectivity index (χ0v) is 5.95. The first kappa shape index (κ1) is 7.47. The molecule has 0 atom stereocenters. The largest absolute Gasteiger partial charge is 0.397 e. The van der Waals surface area contributed by atoms with E-state index in [1.807, 2.05) is 0 Å². The first-order valence-corrected chi connectivity index (χ1v) is 3.13. The highest BCUT2D eigenvalue weighted by atomic mass is 16.1. The van der Waals surface area contributed by atoms with Crippen LogP contribution in [0.25, 0.3) is 0 Å². The van der Waals surface area contributed by atoms with Crippen LogP contribution in [0.3, 0.4) is 0 Å². The number of hydrogen-bond acceptors (Lipinski definition) is 3. The second-order valence-electron chi connectivity index (χ2n) is 2.01. The molecule has 0 unspecified atom stereocenters. The lowest BCUT2D eigenvalue weighted by atomic mass is 10.2. The maximum atomic E-state index is 11.0. The van der Waals surface area contributed by atoms with Crippen molar-refractivity contribution in [2.75, 3.05) is 5.73 Å². The molecule has 2 N–H and O–H groups in total. The minimum absolute atomic E-state index is 0.247. The molecular weight excluding hydrogens is 140 g/mol. The van der Waals surface area contributed by atoms with Crippen molar-refractivity contribution >= 4 is 11.5 Å². The number of rotatable bonds is 2. The van der Waals surface area contributed by atoms with E-state index in [0.29, 0.717) is 5.69 Å². The van der Waals surface area contributed by atoms with Crippen molar-refractivity contribution in [3.05, 3.63) is 36.7 Å². The summed E-state index contributed by atoms with van der Waals surface area (Å²) in [4.78, 5) is 14.8. The van der Waals surface area contributed by atoms with E-state index in [4.69, 9.17) is 5.73 Å². The van der Waals surface area contributed by atoms with E-state index >= 15 is 0 Å². The van der Waals surface area contributed by atoms with E-state index in [1.165, 1.54) is 12.3 Å². The van der Waals surface area contributed by atoms with Crippen molar-refractivity contribution in [3.8, 4) is 0 Å². The van der Waals surface area contributed by atoms with Crippen molar-refractivity contribution in [1.29, 1.82) is 0 Å². The Morgan fingerprint density at radius 1 is 1.73 bits per heavy atom. The highest BCUT2D eigenvalue weighted by Crippen LogP contribution is 2.07. The normalized spacial score (nSPS) is 9.09. The molecule has 0 spiro atoms. The van der Waals surface area contributed by atoms with Gasteiger partial charge in [0.2, 0.25) is 5.78 Å². The highest BCUT2D eigenvalue weighted by Gasteiger charge is 2.04. The summed E-state index contributed by atoms with van der Waals surface area (Å²) in [6.45, 7) is 3.33. The Kier molecular flexibility index (Phi) is 2.01. The van der Waals surface area contributed by atoms with Gasteiger partial charge in [-0.15, -0.1) is 0 Å². The van der Waals surface area contributed by atoms with Gasteiger partial charge in [-0.2, -0.15) is 0 Å². The van der Waals surface area contributed by atoms with Crippen LogP contribution in [0.15, 0.2) is 31.0 Å². The summed E-state index contributed by atoms with van der Waals surface area (Å²) in [7, 11) is 0. The Labute approximate surface area is 64.6 Å². The number of hydrogen-bond donors (Lipinski definition) is 1. The third kappa shape index (κ3) is 1.43. The maximum Gasteiger partial charge on any atom is 0.205 e. The monoisotopic (exact) mass is 148 g/mol. The molecule has 0 aromatic carbocycles. The van der Waals surface area contributed by atoms with E-state index < -0.39 is 0 Å². The van der Waals surface area contributed by atoms with Crippen LogP contribution in [-0.2, 0) is 0 Å². The van der Waals surface area contributed by atoms with Gasteiger partial charge >= 0.3 is 0 Å². The average molecular weight is 148 g/mol. The maximum absolute atomic E-state index is 11.0. The number of carbonyl (C=O) groups excluding carboxylic acids is 1. The molecule has 56 valence electrons. The van der Waals surface area contributed by atoms with Crippen LogP contribution in [-0.4, -0.2) is 10.8 Å². The van der Waals surface area contributed by atoms with Crippen molar-refractivity contribution < 1.29 is 4.79 Å². The SMILES string of the molecule is C=CC(=O)c1ncccc1N. The fourth-order valence-corrected chi connectivity index (χ4v) is 0.720. The molecule has 3 nitrogen and oxygen atoms in total. The van der Waals surface area contributed by atoms with Crippen molar-refractivity contribution in [2.45, 2.75) is 0 Å². The number of nitrogen functional groups attached to an aromatic ring is 1. The van der Waals surface area contributed by atoms with Crippen LogP contribution >= 0.6 is 0 Å². The minimum Gasteiger partial charge on any atom is -0.397 e. The first-order valence-electron chi connectivity index (χ1n) is 3.13. The Hall–Kier alpha value is -1.64. The summed E-state index contributed by atoms with van der Waals surface area (Å²) in [5.74, 6) is -0.247. The number of pyridine rings is 1. The predicted octanol–water partition coefficient (Wildman–Crippen LogP) is 1.03. The molecule has 0 radical (unpaired) electrons. The Balaban J connectivity index is 3.13. The molecule has 0 fully saturated rings. The highest BCUT2D eigenvalue weighted by molar-refractivity contribution is 6.06. The van der Waals surface area contributed by atoms with Gasteiger partial charge in [0, 0.05) is 6.20 Å². The zero-order valence-electron chi connectivity index (χ0n) is 5.95. The quantitative estimate of drug-likeness (QED) is 0.503. The summed E-state index contributed by atoms with van der Waals surface area (Å²) in [5.41, 5.74) is 6.12. The lowest BCUT2D eigenvalue weighted by Crippen LogP contribution is -2.02. The minimum atomic E-state index is -0.247. The van der Waals surface area contributed by atoms with Crippen LogP contribution in [0.5, 0.6) is 0 Å². The van der Waals surface area contributed by atoms with Gasteiger partial charge in [-0.05, 0) is 18.2 Å². The zero-order chi connectivity index (χ0) is 8.27. The molecule has 0 saturated heterocycles. The summed E-state index contributed by atoms with van der Waals surface area (Å²) in [6.07, 6.45) is 2.71. The summed E-state index contributed by atoms with van der Waals surface area (Å²) in [5, 5.41) is 0. The van der Waals surface area contributed by atoms with Gasteiger partial charge < -0.3 is 5.73 Å². The summed E-state index contributed by atoms with van der Waals surface area (Å²) >= 11 is 0. The number of carbonyl (C=O) groups is 1. The number of allylic oxidation sites excluding steroid dienone is 1. The van der Waals surface area contributed by atoms with Crippen molar-refractivity contribution in [3.63, 3.8) is 0 Å². The second kappa shape index (κ2) is 2.96. The molecule has 3 heteroatoms. The molecule has 1 heterocycles. The topological polar surface area (TPSA) is 56.0 Å². The van der Waals surface area contributed by atoms with Gasteiger partial charge in [0.15, 0.2) is 0 Å². The van der Waals surface area contributed by atoms with Crippen LogP contribution in [0.4, 0.5) is 5.69 Å². The molecule has 0 amide bonds. The average Bonchev–Trinajstić information content (AvgIpc) is 2.04. The number of ketones is 1. The Morgan fingerprint density at radius 3 is 3.00 bits per heavy atom. The standard InChI is InChI=1S/C8H8N2O/c1-2-7(11)8-6(9)4-3-5-10-8/h2-5H,1,9H2.